The van der Waals surface area contributed by atoms with Gasteiger partial charge < -0.3 is 5.32 Å². The van der Waals surface area contributed by atoms with Crippen molar-refractivity contribution in [3.8, 4) is 0 Å². The Hall–Kier alpha value is -2.08. The summed E-state index contributed by atoms with van der Waals surface area (Å²) in [5, 5.41) is 5.68. The van der Waals surface area contributed by atoms with Crippen molar-refractivity contribution in [3.05, 3.63) is 70.7 Å². The van der Waals surface area contributed by atoms with Crippen LogP contribution in [0.1, 0.15) is 23.0 Å². The molecule has 3 rings (SSSR count). The molecule has 0 saturated carbocycles. The van der Waals surface area contributed by atoms with Crippen molar-refractivity contribution in [2.45, 2.75) is 12.5 Å². The van der Waals surface area contributed by atoms with E-state index >= 15 is 0 Å². The first-order chi connectivity index (χ1) is 10.2. The van der Waals surface area contributed by atoms with Gasteiger partial charge in [0.15, 0.2) is 22.5 Å². The molecule has 0 fully saturated rings. The van der Waals surface area contributed by atoms with Crippen LogP contribution in [0.15, 0.2) is 46.5 Å². The average molecular weight is 304 g/mol. The SMILES string of the molecule is [CH2]CC1=CNC(c2nccs2)=NC1c1ccc(F)c(F)c1. The van der Waals surface area contributed by atoms with Crippen LogP contribution in [0, 0.1) is 18.6 Å². The lowest BCUT2D eigenvalue weighted by atomic mass is 9.97. The van der Waals surface area contributed by atoms with Gasteiger partial charge in [-0.25, -0.2) is 13.8 Å². The highest BCUT2D eigenvalue weighted by atomic mass is 32.1. The Morgan fingerprint density at radius 1 is 1.29 bits per heavy atom. The van der Waals surface area contributed by atoms with E-state index in [0.29, 0.717) is 17.8 Å². The number of hydrogen-bond acceptors (Lipinski definition) is 4. The molecular formula is C15H12F2N3S. The van der Waals surface area contributed by atoms with E-state index in [-0.39, 0.29) is 6.04 Å². The number of hydrogen-bond donors (Lipinski definition) is 1. The third-order valence-corrected chi connectivity index (χ3v) is 3.97. The van der Waals surface area contributed by atoms with Crippen LogP contribution >= 0.6 is 11.3 Å². The van der Waals surface area contributed by atoms with E-state index in [1.54, 1.807) is 12.3 Å². The fourth-order valence-corrected chi connectivity index (χ4v) is 2.72. The second-order valence-electron chi connectivity index (χ2n) is 4.50. The fourth-order valence-electron chi connectivity index (χ4n) is 2.13. The van der Waals surface area contributed by atoms with Crippen molar-refractivity contribution in [3.63, 3.8) is 0 Å². The minimum absolute atomic E-state index is 0.377. The summed E-state index contributed by atoms with van der Waals surface area (Å²) in [7, 11) is 0. The fraction of sp³-hybridized carbons (Fsp3) is 0.133. The lowest BCUT2D eigenvalue weighted by Gasteiger charge is -2.22. The molecule has 0 bridgehead atoms. The average Bonchev–Trinajstić information content (AvgIpc) is 3.04. The molecule has 0 aliphatic carbocycles. The molecule has 6 heteroatoms. The van der Waals surface area contributed by atoms with Gasteiger partial charge in [0.2, 0.25) is 0 Å². The minimum Gasteiger partial charge on any atom is -0.344 e. The molecule has 1 aromatic carbocycles. The molecule has 1 radical (unpaired) electrons. The van der Waals surface area contributed by atoms with Gasteiger partial charge in [0.25, 0.3) is 0 Å². The van der Waals surface area contributed by atoms with Crippen LogP contribution in [0.2, 0.25) is 0 Å². The number of amidine groups is 1. The van der Waals surface area contributed by atoms with E-state index in [9.17, 15) is 8.78 Å². The molecule has 1 N–H and O–H groups in total. The topological polar surface area (TPSA) is 37.3 Å². The van der Waals surface area contributed by atoms with Crippen LogP contribution in [-0.2, 0) is 0 Å². The molecule has 1 unspecified atom stereocenters. The Bertz CT molecular complexity index is 708. The van der Waals surface area contributed by atoms with E-state index in [1.807, 2.05) is 11.6 Å². The Morgan fingerprint density at radius 3 is 2.81 bits per heavy atom. The van der Waals surface area contributed by atoms with E-state index in [2.05, 4.69) is 22.2 Å². The van der Waals surface area contributed by atoms with Crippen LogP contribution in [-0.4, -0.2) is 10.8 Å². The second-order valence-corrected chi connectivity index (χ2v) is 5.40. The number of nitrogens with zero attached hydrogens (tertiary/aromatic N) is 2. The van der Waals surface area contributed by atoms with Gasteiger partial charge in [-0.15, -0.1) is 11.3 Å². The van der Waals surface area contributed by atoms with Crippen LogP contribution < -0.4 is 5.32 Å². The molecule has 0 amide bonds. The zero-order valence-electron chi connectivity index (χ0n) is 11.0. The summed E-state index contributed by atoms with van der Waals surface area (Å²) in [4.78, 5) is 8.77. The molecule has 1 aromatic heterocycles. The zero-order chi connectivity index (χ0) is 14.8. The Balaban J connectivity index is 2.01. The molecule has 1 aliphatic heterocycles. The first-order valence-corrected chi connectivity index (χ1v) is 7.24. The van der Waals surface area contributed by atoms with E-state index in [0.717, 1.165) is 16.6 Å². The van der Waals surface area contributed by atoms with Crippen LogP contribution in [0.3, 0.4) is 0 Å². The molecule has 1 atom stereocenters. The number of aliphatic imine (C=N–C) groups is 1. The van der Waals surface area contributed by atoms with Crippen molar-refractivity contribution in [2.24, 2.45) is 4.99 Å². The molecule has 3 nitrogen and oxygen atoms in total. The summed E-state index contributed by atoms with van der Waals surface area (Å²) < 4.78 is 26.5. The van der Waals surface area contributed by atoms with Gasteiger partial charge in [-0.05, 0) is 36.6 Å². The third-order valence-electron chi connectivity index (χ3n) is 3.19. The van der Waals surface area contributed by atoms with Crippen LogP contribution in [0.25, 0.3) is 0 Å². The van der Waals surface area contributed by atoms with E-state index in [4.69, 9.17) is 0 Å². The summed E-state index contributed by atoms with van der Waals surface area (Å²) in [5.41, 5.74) is 1.50. The predicted octanol–water partition coefficient (Wildman–Crippen LogP) is 3.62. The maximum atomic E-state index is 13.5. The van der Waals surface area contributed by atoms with Crippen molar-refractivity contribution in [1.29, 1.82) is 0 Å². The first kappa shape index (κ1) is 13.9. The molecule has 21 heavy (non-hydrogen) atoms. The van der Waals surface area contributed by atoms with Crippen LogP contribution in [0.4, 0.5) is 8.78 Å². The maximum Gasteiger partial charge on any atom is 0.162 e. The molecule has 0 spiro atoms. The van der Waals surface area contributed by atoms with Gasteiger partial charge in [0, 0.05) is 17.8 Å². The standard InChI is InChI=1S/C15H12F2N3S/c1-2-9-8-19-14(15-18-5-6-21-15)20-13(9)10-3-4-11(16)12(17)7-10/h3-8,13H,1-2H2,(H,19,20). The highest BCUT2D eigenvalue weighted by Gasteiger charge is 2.22. The molecular weight excluding hydrogens is 292 g/mol. The van der Waals surface area contributed by atoms with Crippen molar-refractivity contribution in [1.82, 2.24) is 10.3 Å². The minimum atomic E-state index is -0.875. The van der Waals surface area contributed by atoms with Gasteiger partial charge in [-0.3, -0.25) is 4.99 Å². The smallest absolute Gasteiger partial charge is 0.162 e. The third kappa shape index (κ3) is 2.71. The highest BCUT2D eigenvalue weighted by molar-refractivity contribution is 7.11. The summed E-state index contributed by atoms with van der Waals surface area (Å²) in [5.74, 6) is -1.12. The Labute approximate surface area is 125 Å². The Morgan fingerprint density at radius 2 is 2.14 bits per heavy atom. The van der Waals surface area contributed by atoms with Crippen molar-refractivity contribution < 1.29 is 8.78 Å². The van der Waals surface area contributed by atoms with Gasteiger partial charge in [0.05, 0.1) is 0 Å². The van der Waals surface area contributed by atoms with Crippen LogP contribution in [0.5, 0.6) is 0 Å². The first-order valence-electron chi connectivity index (χ1n) is 6.36. The lowest BCUT2D eigenvalue weighted by molar-refractivity contribution is 0.506. The maximum absolute atomic E-state index is 13.5. The van der Waals surface area contributed by atoms with Gasteiger partial charge in [-0.2, -0.15) is 0 Å². The molecule has 2 aromatic rings. The summed E-state index contributed by atoms with van der Waals surface area (Å²) in [6, 6.07) is 3.46. The monoisotopic (exact) mass is 304 g/mol. The van der Waals surface area contributed by atoms with E-state index < -0.39 is 11.6 Å². The highest BCUT2D eigenvalue weighted by Crippen LogP contribution is 2.31. The second kappa shape index (κ2) is 5.73. The number of rotatable bonds is 3. The molecule has 107 valence electrons. The lowest BCUT2D eigenvalue weighted by Crippen LogP contribution is -2.25. The van der Waals surface area contributed by atoms with Gasteiger partial charge >= 0.3 is 0 Å². The number of benzene rings is 1. The number of aromatic nitrogens is 1. The summed E-state index contributed by atoms with van der Waals surface area (Å²) in [6.07, 6.45) is 4.02. The molecule has 0 saturated heterocycles. The molecule has 2 heterocycles. The summed E-state index contributed by atoms with van der Waals surface area (Å²) >= 11 is 1.46. The van der Waals surface area contributed by atoms with Gasteiger partial charge in [0.1, 0.15) is 6.04 Å². The summed E-state index contributed by atoms with van der Waals surface area (Å²) in [6.45, 7) is 3.85. The number of halogens is 2. The normalized spacial score (nSPS) is 18.0. The predicted molar refractivity (Wildman–Crippen MR) is 78.9 cm³/mol. The van der Waals surface area contributed by atoms with E-state index in [1.165, 1.54) is 17.4 Å². The van der Waals surface area contributed by atoms with Crippen molar-refractivity contribution >= 4 is 17.2 Å². The van der Waals surface area contributed by atoms with Gasteiger partial charge in [-0.1, -0.05) is 6.07 Å². The number of thiazole rings is 1. The molecule has 1 aliphatic rings. The number of nitrogens with one attached hydrogen (secondary N) is 1. The quantitative estimate of drug-likeness (QED) is 0.940. The largest absolute Gasteiger partial charge is 0.344 e. The Kier molecular flexibility index (Phi) is 3.79. The van der Waals surface area contributed by atoms with Crippen molar-refractivity contribution in [2.75, 3.05) is 0 Å². The zero-order valence-corrected chi connectivity index (χ0v) is 11.8.